The number of ether oxygens (including phenoxy) is 1. The molecule has 3 aromatic rings. The van der Waals surface area contributed by atoms with Crippen LogP contribution >= 0.6 is 0 Å². The molecule has 218 valence electrons. The zero-order chi connectivity index (χ0) is 30.0. The Hall–Kier alpha value is -4.54. The van der Waals surface area contributed by atoms with E-state index in [4.69, 9.17) is 5.11 Å². The normalized spacial score (nSPS) is 11.8. The molecular weight excluding hydrogens is 539 g/mol. The van der Waals surface area contributed by atoms with Gasteiger partial charge in [-0.3, -0.25) is 9.59 Å². The molecule has 0 bridgehead atoms. The number of amides is 3. The van der Waals surface area contributed by atoms with Crippen molar-refractivity contribution in [1.29, 1.82) is 0 Å². The topological polar surface area (TPSA) is 117 Å². The second-order valence-corrected chi connectivity index (χ2v) is 9.42. The summed E-state index contributed by atoms with van der Waals surface area (Å²) < 4.78 is 41.2. The maximum atomic E-state index is 13.0. The summed E-state index contributed by atoms with van der Waals surface area (Å²) in [5, 5.41) is 16.9. The smallest absolute Gasteiger partial charge is 0.481 e. The third kappa shape index (κ3) is 9.86. The minimum Gasteiger partial charge on any atom is -0.481 e. The van der Waals surface area contributed by atoms with Gasteiger partial charge in [-0.25, -0.2) is 4.79 Å². The second kappa shape index (κ2) is 14.2. The van der Waals surface area contributed by atoms with Gasteiger partial charge in [0.15, 0.2) is 0 Å². The number of hydrogen-bond acceptors (Lipinski definition) is 4. The molecule has 0 aromatic heterocycles. The molecule has 1 atom stereocenters. The number of aliphatic carboxylic acids is 1. The molecule has 11 heteroatoms. The lowest BCUT2D eigenvalue weighted by molar-refractivity contribution is -0.274. The van der Waals surface area contributed by atoms with Gasteiger partial charge < -0.3 is 25.8 Å². The summed E-state index contributed by atoms with van der Waals surface area (Å²) >= 11 is 0. The van der Waals surface area contributed by atoms with Gasteiger partial charge in [0.25, 0.3) is 5.91 Å². The van der Waals surface area contributed by atoms with E-state index in [1.807, 2.05) is 19.1 Å². The number of anilines is 1. The van der Waals surface area contributed by atoms with E-state index < -0.39 is 36.1 Å². The third-order valence-electron chi connectivity index (χ3n) is 6.22. The van der Waals surface area contributed by atoms with Crippen LogP contribution in [-0.2, 0) is 11.2 Å². The van der Waals surface area contributed by atoms with E-state index in [1.165, 1.54) is 17.7 Å². The monoisotopic (exact) mass is 571 g/mol. The Morgan fingerprint density at radius 2 is 1.66 bits per heavy atom. The van der Waals surface area contributed by atoms with Gasteiger partial charge in [-0.05, 0) is 78.4 Å². The first kappa shape index (κ1) is 31.0. The van der Waals surface area contributed by atoms with Gasteiger partial charge in [0.2, 0.25) is 0 Å². The number of unbranched alkanes of at least 4 members (excludes halogenated alkanes) is 1. The van der Waals surface area contributed by atoms with Crippen LogP contribution in [-0.4, -0.2) is 35.9 Å². The highest BCUT2D eigenvalue weighted by molar-refractivity contribution is 5.94. The fourth-order valence-corrected chi connectivity index (χ4v) is 4.19. The van der Waals surface area contributed by atoms with Crippen LogP contribution in [0.1, 0.15) is 64.8 Å². The zero-order valence-electron chi connectivity index (χ0n) is 22.7. The number of carbonyl (C=O) groups excluding carboxylic acids is 2. The quantitative estimate of drug-likeness (QED) is 0.202. The molecule has 8 nitrogen and oxygen atoms in total. The van der Waals surface area contributed by atoms with Gasteiger partial charge in [-0.1, -0.05) is 43.7 Å². The molecule has 4 N–H and O–H groups in total. The van der Waals surface area contributed by atoms with Gasteiger partial charge in [-0.2, -0.15) is 0 Å². The maximum absolute atomic E-state index is 13.0. The van der Waals surface area contributed by atoms with Crippen molar-refractivity contribution in [2.24, 2.45) is 0 Å². The molecule has 0 aliphatic rings. The number of hydrogen-bond donors (Lipinski definition) is 4. The van der Waals surface area contributed by atoms with Gasteiger partial charge >= 0.3 is 18.4 Å². The summed E-state index contributed by atoms with van der Waals surface area (Å²) in [6, 6.07) is 16.2. The predicted molar refractivity (Wildman–Crippen MR) is 148 cm³/mol. The van der Waals surface area contributed by atoms with Crippen LogP contribution in [0.3, 0.4) is 0 Å². The van der Waals surface area contributed by atoms with Crippen molar-refractivity contribution in [3.05, 3.63) is 94.5 Å². The van der Waals surface area contributed by atoms with Crippen molar-refractivity contribution >= 4 is 23.6 Å². The Morgan fingerprint density at radius 1 is 0.976 bits per heavy atom. The van der Waals surface area contributed by atoms with E-state index in [1.54, 1.807) is 24.3 Å². The van der Waals surface area contributed by atoms with Gasteiger partial charge in [0, 0.05) is 17.8 Å². The fourth-order valence-electron chi connectivity index (χ4n) is 4.19. The Bertz CT molecular complexity index is 1340. The van der Waals surface area contributed by atoms with E-state index in [2.05, 4.69) is 33.7 Å². The molecule has 41 heavy (non-hydrogen) atoms. The molecule has 3 aromatic carbocycles. The molecule has 0 heterocycles. The summed E-state index contributed by atoms with van der Waals surface area (Å²) in [5.41, 5.74) is 4.22. The second-order valence-electron chi connectivity index (χ2n) is 9.42. The first-order valence-electron chi connectivity index (χ1n) is 13.1. The highest BCUT2D eigenvalue weighted by Gasteiger charge is 2.31. The zero-order valence-corrected chi connectivity index (χ0v) is 22.7. The number of halogens is 3. The largest absolute Gasteiger partial charge is 0.573 e. The first-order chi connectivity index (χ1) is 19.4. The molecule has 3 rings (SSSR count). The number of aryl methyl sites for hydroxylation is 2. The average molecular weight is 572 g/mol. The minimum absolute atomic E-state index is 0.00679. The minimum atomic E-state index is -4.82. The Morgan fingerprint density at radius 3 is 2.24 bits per heavy atom. The average Bonchev–Trinajstić information content (AvgIpc) is 2.91. The van der Waals surface area contributed by atoms with Crippen molar-refractivity contribution in [2.75, 3.05) is 11.9 Å². The summed E-state index contributed by atoms with van der Waals surface area (Å²) in [4.78, 5) is 36.1. The summed E-state index contributed by atoms with van der Waals surface area (Å²) in [5.74, 6) is -1.85. The van der Waals surface area contributed by atoms with Gasteiger partial charge in [0.1, 0.15) is 5.75 Å². The molecular formula is C30H32F3N3O5. The number of urea groups is 1. The Kier molecular flexibility index (Phi) is 10.7. The molecule has 0 aliphatic carbocycles. The standard InChI is InChI=1S/C30H32F3N3O5/c1-3-4-5-20-6-15-25(19(2)18-20)27(21-7-9-22(10-8-21)28(39)34-17-16-26(37)38)36-29(40)35-23-11-13-24(14-12-23)41-30(31,32)33/h6-15,18,27H,3-5,16-17H2,1-2H3,(H,34,39)(H,37,38)(H2,35,36,40). The van der Waals surface area contributed by atoms with Crippen LogP contribution in [0.15, 0.2) is 66.7 Å². The van der Waals surface area contributed by atoms with Crippen LogP contribution in [0.25, 0.3) is 0 Å². The number of nitrogens with one attached hydrogen (secondary N) is 3. The van der Waals surface area contributed by atoms with Crippen LogP contribution in [0.5, 0.6) is 5.75 Å². The van der Waals surface area contributed by atoms with E-state index in [9.17, 15) is 27.6 Å². The number of alkyl halides is 3. The third-order valence-corrected chi connectivity index (χ3v) is 6.22. The van der Waals surface area contributed by atoms with E-state index >= 15 is 0 Å². The fraction of sp³-hybridized carbons (Fsp3) is 0.300. The van der Waals surface area contributed by atoms with Crippen LogP contribution in [0.4, 0.5) is 23.7 Å². The Labute approximate surface area is 235 Å². The molecule has 0 radical (unpaired) electrons. The molecule has 0 fully saturated rings. The van der Waals surface area contributed by atoms with Crippen molar-refractivity contribution in [1.82, 2.24) is 10.6 Å². The summed E-state index contributed by atoms with van der Waals surface area (Å²) in [6.45, 7) is 4.06. The number of benzene rings is 3. The lowest BCUT2D eigenvalue weighted by Gasteiger charge is -2.23. The SMILES string of the molecule is CCCCc1ccc(C(NC(=O)Nc2ccc(OC(F)(F)F)cc2)c2ccc(C(=O)NCCC(=O)O)cc2)c(C)c1. The Balaban J connectivity index is 1.81. The van der Waals surface area contributed by atoms with Crippen molar-refractivity contribution < 1.29 is 37.4 Å². The molecule has 0 saturated heterocycles. The first-order valence-corrected chi connectivity index (χ1v) is 13.1. The van der Waals surface area contributed by atoms with Gasteiger partial charge in [0.05, 0.1) is 12.5 Å². The number of carbonyl (C=O) groups is 3. The molecule has 3 amide bonds. The molecule has 1 unspecified atom stereocenters. The van der Waals surface area contributed by atoms with Crippen LogP contribution in [0, 0.1) is 6.92 Å². The number of rotatable bonds is 12. The van der Waals surface area contributed by atoms with Crippen molar-refractivity contribution in [2.45, 2.75) is 51.9 Å². The predicted octanol–water partition coefficient (Wildman–Crippen LogP) is 6.35. The summed E-state index contributed by atoms with van der Waals surface area (Å²) in [6.07, 6.45) is -1.99. The maximum Gasteiger partial charge on any atom is 0.573 e. The van der Waals surface area contributed by atoms with Gasteiger partial charge in [-0.15, -0.1) is 13.2 Å². The molecule has 0 spiro atoms. The van der Waals surface area contributed by atoms with E-state index in [0.29, 0.717) is 11.1 Å². The summed E-state index contributed by atoms with van der Waals surface area (Å²) in [7, 11) is 0. The number of carboxylic acid groups (broad SMARTS) is 1. The van der Waals surface area contributed by atoms with E-state index in [-0.39, 0.29) is 18.7 Å². The van der Waals surface area contributed by atoms with Crippen molar-refractivity contribution in [3.63, 3.8) is 0 Å². The lowest BCUT2D eigenvalue weighted by Crippen LogP contribution is -2.33. The molecule has 0 aliphatic heterocycles. The lowest BCUT2D eigenvalue weighted by atomic mass is 9.92. The van der Waals surface area contributed by atoms with E-state index in [0.717, 1.165) is 42.5 Å². The van der Waals surface area contributed by atoms with Crippen molar-refractivity contribution in [3.8, 4) is 5.75 Å². The number of carboxylic acids is 1. The van der Waals surface area contributed by atoms with Crippen LogP contribution in [0.2, 0.25) is 0 Å². The van der Waals surface area contributed by atoms with Crippen LogP contribution < -0.4 is 20.7 Å². The molecule has 0 saturated carbocycles. The highest BCUT2D eigenvalue weighted by Crippen LogP contribution is 2.28. The highest BCUT2D eigenvalue weighted by atomic mass is 19.4.